The van der Waals surface area contributed by atoms with Crippen LogP contribution >= 0.6 is 15.9 Å². The molecule has 0 heterocycles. The van der Waals surface area contributed by atoms with Crippen LogP contribution in [0, 0.1) is 34.0 Å². The molecule has 0 amide bonds. The van der Waals surface area contributed by atoms with Crippen molar-refractivity contribution in [2.24, 2.45) is 0 Å². The molecule has 0 saturated carbocycles. The molecule has 2 aromatic carbocycles. The second-order valence-electron chi connectivity index (χ2n) is 3.79. The molecule has 0 saturated heterocycles. The van der Waals surface area contributed by atoms with E-state index >= 15 is 0 Å². The van der Waals surface area contributed by atoms with Gasteiger partial charge in [0.2, 0.25) is 0 Å². The molecule has 0 bridgehead atoms. The summed E-state index contributed by atoms with van der Waals surface area (Å²) in [6.07, 6.45) is 0. The van der Waals surface area contributed by atoms with E-state index in [4.69, 9.17) is 15.8 Å². The van der Waals surface area contributed by atoms with Gasteiger partial charge in [0.25, 0.3) is 0 Å². The van der Waals surface area contributed by atoms with Crippen molar-refractivity contribution < 1.29 is 0 Å². The predicted octanol–water partition coefficient (Wildman–Crippen LogP) is 3.73. The predicted molar refractivity (Wildman–Crippen MR) is 73.7 cm³/mol. The number of nitrogens with zero attached hydrogens (tertiary/aromatic N) is 3. The first-order chi connectivity index (χ1) is 9.19. The first kappa shape index (κ1) is 12.8. The minimum atomic E-state index is 0.312. The summed E-state index contributed by atoms with van der Waals surface area (Å²) < 4.78 is 0.821. The Hall–Kier alpha value is -2.61. The maximum atomic E-state index is 9.14. The van der Waals surface area contributed by atoms with E-state index < -0.39 is 0 Å². The maximum Gasteiger partial charge on any atom is 0.101 e. The van der Waals surface area contributed by atoms with E-state index in [-0.39, 0.29) is 0 Å². The number of halogens is 1. The molecule has 0 spiro atoms. The Morgan fingerprint density at radius 1 is 0.737 bits per heavy atom. The molecule has 4 heteroatoms. The largest absolute Gasteiger partial charge is 0.192 e. The Balaban J connectivity index is 2.65. The van der Waals surface area contributed by atoms with Crippen LogP contribution in [0.4, 0.5) is 0 Å². The van der Waals surface area contributed by atoms with Gasteiger partial charge >= 0.3 is 0 Å². The maximum absolute atomic E-state index is 9.14. The highest BCUT2D eigenvalue weighted by Crippen LogP contribution is 2.27. The third-order valence-electron chi connectivity index (χ3n) is 2.67. The highest BCUT2D eigenvalue weighted by molar-refractivity contribution is 9.10. The number of hydrogen-bond acceptors (Lipinski definition) is 3. The Kier molecular flexibility index (Phi) is 3.62. The molecule has 2 aromatic rings. The summed E-state index contributed by atoms with van der Waals surface area (Å²) in [7, 11) is 0. The lowest BCUT2D eigenvalue weighted by Crippen LogP contribution is -1.88. The van der Waals surface area contributed by atoms with Crippen LogP contribution in [-0.2, 0) is 0 Å². The molecule has 0 radical (unpaired) electrons. The van der Waals surface area contributed by atoms with Crippen molar-refractivity contribution in [2.75, 3.05) is 0 Å². The van der Waals surface area contributed by atoms with Gasteiger partial charge in [-0.3, -0.25) is 0 Å². The zero-order valence-electron chi connectivity index (χ0n) is 9.68. The van der Waals surface area contributed by atoms with E-state index in [0.29, 0.717) is 16.7 Å². The van der Waals surface area contributed by atoms with Crippen LogP contribution in [0.3, 0.4) is 0 Å². The lowest BCUT2D eigenvalue weighted by molar-refractivity contribution is 1.42. The number of rotatable bonds is 1. The molecular formula is C15H6BrN3. The van der Waals surface area contributed by atoms with Crippen LogP contribution in [0.5, 0.6) is 0 Å². The minimum Gasteiger partial charge on any atom is -0.192 e. The summed E-state index contributed by atoms with van der Waals surface area (Å²) in [5.41, 5.74) is 2.66. The van der Waals surface area contributed by atoms with E-state index in [1.165, 1.54) is 0 Å². The summed E-state index contributed by atoms with van der Waals surface area (Å²) in [5.74, 6) is 0. The Labute approximate surface area is 119 Å². The lowest BCUT2D eigenvalue weighted by atomic mass is 9.97. The molecule has 0 aromatic heterocycles. The van der Waals surface area contributed by atoms with Crippen LogP contribution < -0.4 is 0 Å². The Morgan fingerprint density at radius 2 is 1.42 bits per heavy atom. The summed E-state index contributed by atoms with van der Waals surface area (Å²) in [5, 5.41) is 27.0. The van der Waals surface area contributed by atoms with E-state index in [2.05, 4.69) is 22.0 Å². The monoisotopic (exact) mass is 307 g/mol. The highest BCUT2D eigenvalue weighted by atomic mass is 79.9. The fourth-order valence-electron chi connectivity index (χ4n) is 1.76. The van der Waals surface area contributed by atoms with Crippen molar-refractivity contribution in [1.29, 1.82) is 15.8 Å². The second kappa shape index (κ2) is 5.36. The third-order valence-corrected chi connectivity index (χ3v) is 3.17. The van der Waals surface area contributed by atoms with E-state index in [1.54, 1.807) is 24.3 Å². The molecular weight excluding hydrogens is 302 g/mol. The molecule has 0 aliphatic carbocycles. The van der Waals surface area contributed by atoms with Gasteiger partial charge in [-0.25, -0.2) is 0 Å². The zero-order chi connectivity index (χ0) is 13.8. The summed E-state index contributed by atoms with van der Waals surface area (Å²) in [4.78, 5) is 0. The quantitative estimate of drug-likeness (QED) is 0.805. The summed E-state index contributed by atoms with van der Waals surface area (Å²) in [6, 6.07) is 16.4. The van der Waals surface area contributed by atoms with Gasteiger partial charge < -0.3 is 0 Å². The van der Waals surface area contributed by atoms with Gasteiger partial charge in [0.15, 0.2) is 0 Å². The average Bonchev–Trinajstić information content (AvgIpc) is 2.46. The van der Waals surface area contributed by atoms with Crippen molar-refractivity contribution in [3.63, 3.8) is 0 Å². The fourth-order valence-corrected chi connectivity index (χ4v) is 2.12. The number of nitriles is 3. The Morgan fingerprint density at radius 3 is 2.05 bits per heavy atom. The van der Waals surface area contributed by atoms with Crippen LogP contribution in [0.1, 0.15) is 16.7 Å². The van der Waals surface area contributed by atoms with E-state index in [0.717, 1.165) is 15.6 Å². The molecule has 0 atom stereocenters. The normalized spacial score (nSPS) is 9.16. The fraction of sp³-hybridized carbons (Fsp3) is 0. The van der Waals surface area contributed by atoms with Gasteiger partial charge in [0, 0.05) is 4.47 Å². The second-order valence-corrected chi connectivity index (χ2v) is 4.70. The van der Waals surface area contributed by atoms with Crippen LogP contribution in [0.15, 0.2) is 40.9 Å². The molecule has 0 fully saturated rings. The van der Waals surface area contributed by atoms with Gasteiger partial charge in [-0.05, 0) is 35.4 Å². The van der Waals surface area contributed by atoms with E-state index in [1.807, 2.05) is 24.3 Å². The zero-order valence-corrected chi connectivity index (χ0v) is 11.3. The number of hydrogen-bond donors (Lipinski definition) is 0. The highest BCUT2D eigenvalue weighted by Gasteiger charge is 2.08. The first-order valence-corrected chi connectivity index (χ1v) is 6.13. The standard InChI is InChI=1S/C15H6BrN3/c16-14-3-4-15(13(6-14)9-19)10-1-2-11(7-17)12(5-10)8-18/h1-6H. The number of benzene rings is 2. The molecule has 88 valence electrons. The first-order valence-electron chi connectivity index (χ1n) is 5.34. The minimum absolute atomic E-state index is 0.312. The summed E-state index contributed by atoms with van der Waals surface area (Å²) in [6.45, 7) is 0. The van der Waals surface area contributed by atoms with Crippen molar-refractivity contribution in [3.05, 3.63) is 57.6 Å². The van der Waals surface area contributed by atoms with Crippen molar-refractivity contribution in [3.8, 4) is 29.3 Å². The van der Waals surface area contributed by atoms with Gasteiger partial charge in [0.05, 0.1) is 22.8 Å². The van der Waals surface area contributed by atoms with Crippen molar-refractivity contribution >= 4 is 15.9 Å². The van der Waals surface area contributed by atoms with Gasteiger partial charge in [-0.2, -0.15) is 15.8 Å². The summed E-state index contributed by atoms with van der Waals surface area (Å²) >= 11 is 3.31. The molecule has 0 N–H and O–H groups in total. The smallest absolute Gasteiger partial charge is 0.101 e. The van der Waals surface area contributed by atoms with Crippen molar-refractivity contribution in [1.82, 2.24) is 0 Å². The molecule has 0 unspecified atom stereocenters. The topological polar surface area (TPSA) is 71.4 Å². The van der Waals surface area contributed by atoms with Crippen LogP contribution in [0.2, 0.25) is 0 Å². The SMILES string of the molecule is N#Cc1ccc(-c2ccc(Br)cc2C#N)cc1C#N. The lowest BCUT2D eigenvalue weighted by Gasteiger charge is -2.06. The molecule has 0 aliphatic rings. The molecule has 3 nitrogen and oxygen atoms in total. The van der Waals surface area contributed by atoms with Crippen molar-refractivity contribution in [2.45, 2.75) is 0 Å². The van der Waals surface area contributed by atoms with Gasteiger partial charge in [-0.1, -0.05) is 28.1 Å². The van der Waals surface area contributed by atoms with E-state index in [9.17, 15) is 0 Å². The van der Waals surface area contributed by atoms with Crippen LogP contribution in [0.25, 0.3) is 11.1 Å². The molecule has 2 rings (SSSR count). The molecule has 19 heavy (non-hydrogen) atoms. The van der Waals surface area contributed by atoms with Gasteiger partial charge in [0.1, 0.15) is 12.1 Å². The average molecular weight is 308 g/mol. The third kappa shape index (κ3) is 2.47. The van der Waals surface area contributed by atoms with Gasteiger partial charge in [-0.15, -0.1) is 0 Å². The molecule has 0 aliphatic heterocycles. The van der Waals surface area contributed by atoms with Crippen LogP contribution in [-0.4, -0.2) is 0 Å². The Bertz CT molecular complexity index is 773.